The van der Waals surface area contributed by atoms with E-state index in [1.54, 1.807) is 29.3 Å². The van der Waals surface area contributed by atoms with Crippen molar-refractivity contribution in [3.8, 4) is 0 Å². The van der Waals surface area contributed by atoms with Crippen LogP contribution in [0.2, 0.25) is 0 Å². The maximum absolute atomic E-state index is 14.1. The number of rotatable bonds is 5. The van der Waals surface area contributed by atoms with Gasteiger partial charge in [-0.05, 0) is 68.0 Å². The van der Waals surface area contributed by atoms with Gasteiger partial charge in [-0.3, -0.25) is 19.4 Å². The SMILES string of the molecule is Cc1ccc(C=C2CCCC3C2=NN(C(=O)CN2N=NC4C(=O)N(c5ccccc5)C(=O)C42)C3c2ccc(C)cc2)cc1. The predicted molar refractivity (Wildman–Crippen MR) is 163 cm³/mol. The summed E-state index contributed by atoms with van der Waals surface area (Å²) in [6.07, 6.45) is 4.99. The standard InChI is InChI=1S/C34H32N6O3/c1-21-11-15-23(16-12-21)19-25-7-6-10-27-29(25)36-40(31(27)24-17-13-22(2)14-18-24)28(41)20-38-32-30(35-37-38)33(42)39(34(32)43)26-8-4-3-5-9-26/h3-5,8-9,11-19,27,30-32H,6-7,10,20H2,1-2H3. The Hall–Kier alpha value is -4.92. The Morgan fingerprint density at radius 2 is 1.58 bits per heavy atom. The molecule has 9 heteroatoms. The summed E-state index contributed by atoms with van der Waals surface area (Å²) >= 11 is 0. The lowest BCUT2D eigenvalue weighted by molar-refractivity contribution is -0.136. The summed E-state index contributed by atoms with van der Waals surface area (Å²) in [5.41, 5.74) is 7.03. The molecule has 9 nitrogen and oxygen atoms in total. The van der Waals surface area contributed by atoms with Crippen LogP contribution in [0.5, 0.6) is 0 Å². The van der Waals surface area contributed by atoms with Gasteiger partial charge in [0.2, 0.25) is 0 Å². The number of imide groups is 1. The molecule has 0 N–H and O–H groups in total. The molecule has 0 aromatic heterocycles. The molecule has 3 aromatic rings. The maximum atomic E-state index is 14.1. The summed E-state index contributed by atoms with van der Waals surface area (Å²) in [6.45, 7) is 3.90. The van der Waals surface area contributed by atoms with Gasteiger partial charge in [-0.1, -0.05) is 83.1 Å². The van der Waals surface area contributed by atoms with Gasteiger partial charge in [0.1, 0.15) is 6.54 Å². The number of para-hydroxylation sites is 1. The number of hydrazone groups is 1. The molecule has 1 aliphatic carbocycles. The van der Waals surface area contributed by atoms with E-state index in [1.165, 1.54) is 10.6 Å². The van der Waals surface area contributed by atoms with Gasteiger partial charge in [0.05, 0.1) is 17.4 Å². The summed E-state index contributed by atoms with van der Waals surface area (Å²) < 4.78 is 0. The summed E-state index contributed by atoms with van der Waals surface area (Å²) in [4.78, 5) is 41.8. The lowest BCUT2D eigenvalue weighted by Crippen LogP contribution is -2.45. The number of anilines is 1. The molecule has 1 saturated heterocycles. The van der Waals surface area contributed by atoms with E-state index >= 15 is 0 Å². The van der Waals surface area contributed by atoms with E-state index in [0.29, 0.717) is 5.69 Å². The molecule has 0 radical (unpaired) electrons. The fourth-order valence-corrected chi connectivity index (χ4v) is 6.56. The van der Waals surface area contributed by atoms with Crippen molar-refractivity contribution in [3.63, 3.8) is 0 Å². The fraction of sp³-hybridized carbons (Fsp3) is 0.294. The molecule has 4 aliphatic rings. The molecule has 3 heterocycles. The highest BCUT2D eigenvalue weighted by Crippen LogP contribution is 2.45. The zero-order chi connectivity index (χ0) is 29.7. The molecular weight excluding hydrogens is 540 g/mol. The van der Waals surface area contributed by atoms with E-state index < -0.39 is 23.9 Å². The third-order valence-corrected chi connectivity index (χ3v) is 8.76. The lowest BCUT2D eigenvalue weighted by Gasteiger charge is -2.30. The van der Waals surface area contributed by atoms with Crippen LogP contribution in [0.1, 0.15) is 47.6 Å². The maximum Gasteiger partial charge on any atom is 0.264 e. The Balaban J connectivity index is 1.19. The molecule has 0 spiro atoms. The number of allylic oxidation sites excluding steroid dienone is 1. The Bertz CT molecular complexity index is 1680. The van der Waals surface area contributed by atoms with Crippen molar-refractivity contribution in [1.29, 1.82) is 0 Å². The smallest absolute Gasteiger partial charge is 0.264 e. The molecule has 3 aromatic carbocycles. The number of benzene rings is 3. The Morgan fingerprint density at radius 3 is 2.30 bits per heavy atom. The highest BCUT2D eigenvalue weighted by atomic mass is 16.2. The Kier molecular flexibility index (Phi) is 6.72. The fourth-order valence-electron chi connectivity index (χ4n) is 6.56. The van der Waals surface area contributed by atoms with Crippen LogP contribution >= 0.6 is 0 Å². The zero-order valence-electron chi connectivity index (χ0n) is 24.1. The first-order valence-corrected chi connectivity index (χ1v) is 14.7. The van der Waals surface area contributed by atoms with E-state index in [4.69, 9.17) is 5.10 Å². The summed E-state index contributed by atoms with van der Waals surface area (Å²) in [5.74, 6) is -1.11. The second-order valence-corrected chi connectivity index (χ2v) is 11.7. The molecule has 3 amide bonds. The third-order valence-electron chi connectivity index (χ3n) is 8.76. The van der Waals surface area contributed by atoms with Gasteiger partial charge in [-0.15, -0.1) is 0 Å². The number of carbonyl (C=O) groups is 3. The minimum absolute atomic E-state index is 0.0494. The van der Waals surface area contributed by atoms with Crippen LogP contribution in [0.15, 0.2) is 99.9 Å². The zero-order valence-corrected chi connectivity index (χ0v) is 24.1. The number of fused-ring (bicyclic) bond motifs is 2. The quantitative estimate of drug-likeness (QED) is 0.381. The van der Waals surface area contributed by atoms with Crippen molar-refractivity contribution in [3.05, 3.63) is 107 Å². The molecule has 4 unspecified atom stereocenters. The number of hydrogen-bond acceptors (Lipinski definition) is 7. The Labute approximate surface area is 250 Å². The Morgan fingerprint density at radius 1 is 0.884 bits per heavy atom. The second-order valence-electron chi connectivity index (χ2n) is 11.7. The first-order chi connectivity index (χ1) is 20.9. The lowest BCUT2D eigenvalue weighted by atomic mass is 9.77. The average molecular weight is 573 g/mol. The normalized spacial score (nSPS) is 25.4. The first kappa shape index (κ1) is 26.9. The van der Waals surface area contributed by atoms with Gasteiger partial charge in [-0.2, -0.15) is 10.2 Å². The average Bonchev–Trinajstić information content (AvgIpc) is 3.68. The van der Waals surface area contributed by atoms with E-state index in [2.05, 4.69) is 71.9 Å². The molecule has 216 valence electrons. The molecule has 2 fully saturated rings. The molecule has 43 heavy (non-hydrogen) atoms. The van der Waals surface area contributed by atoms with Gasteiger partial charge in [0, 0.05) is 5.92 Å². The van der Waals surface area contributed by atoms with Gasteiger partial charge >= 0.3 is 0 Å². The molecule has 7 rings (SSSR count). The van der Waals surface area contributed by atoms with Crippen LogP contribution in [0.4, 0.5) is 5.69 Å². The van der Waals surface area contributed by atoms with Crippen molar-refractivity contribution in [2.75, 3.05) is 11.4 Å². The summed E-state index contributed by atoms with van der Waals surface area (Å²) in [6, 6.07) is 23.2. The number of hydrogen-bond donors (Lipinski definition) is 0. The number of carbonyl (C=O) groups excluding carboxylic acids is 3. The number of aryl methyl sites for hydroxylation is 2. The highest BCUT2D eigenvalue weighted by molar-refractivity contribution is 6.25. The molecule has 4 atom stereocenters. The van der Waals surface area contributed by atoms with Crippen molar-refractivity contribution in [2.24, 2.45) is 21.4 Å². The minimum atomic E-state index is -0.968. The van der Waals surface area contributed by atoms with E-state index in [0.717, 1.165) is 52.1 Å². The highest BCUT2D eigenvalue weighted by Gasteiger charge is 2.55. The monoisotopic (exact) mass is 572 g/mol. The van der Waals surface area contributed by atoms with Gasteiger partial charge < -0.3 is 0 Å². The third kappa shape index (κ3) is 4.74. The predicted octanol–water partition coefficient (Wildman–Crippen LogP) is 5.42. The summed E-state index contributed by atoms with van der Waals surface area (Å²) in [7, 11) is 0. The van der Waals surface area contributed by atoms with Crippen LogP contribution in [0, 0.1) is 19.8 Å². The minimum Gasteiger partial charge on any atom is -0.271 e. The second kappa shape index (κ2) is 10.7. The first-order valence-electron chi connectivity index (χ1n) is 14.7. The number of nitrogens with zero attached hydrogens (tertiary/aromatic N) is 6. The van der Waals surface area contributed by atoms with Gasteiger partial charge in [0.25, 0.3) is 17.7 Å². The van der Waals surface area contributed by atoms with E-state index in [-0.39, 0.29) is 24.4 Å². The number of amides is 3. The molecule has 1 saturated carbocycles. The van der Waals surface area contributed by atoms with Gasteiger partial charge in [0.15, 0.2) is 12.1 Å². The van der Waals surface area contributed by atoms with Crippen LogP contribution in [0.3, 0.4) is 0 Å². The van der Waals surface area contributed by atoms with Crippen LogP contribution < -0.4 is 4.90 Å². The van der Waals surface area contributed by atoms with Crippen LogP contribution in [-0.2, 0) is 14.4 Å². The largest absolute Gasteiger partial charge is 0.271 e. The molecule has 3 aliphatic heterocycles. The van der Waals surface area contributed by atoms with Crippen molar-refractivity contribution < 1.29 is 14.4 Å². The van der Waals surface area contributed by atoms with Crippen molar-refractivity contribution in [2.45, 2.75) is 51.2 Å². The van der Waals surface area contributed by atoms with Crippen LogP contribution in [0.25, 0.3) is 6.08 Å². The van der Waals surface area contributed by atoms with Crippen LogP contribution in [-0.4, -0.2) is 52.1 Å². The molecular formula is C34H32N6O3. The topological polar surface area (TPSA) is 98.0 Å². The van der Waals surface area contributed by atoms with Crippen molar-refractivity contribution in [1.82, 2.24) is 10.0 Å². The molecule has 0 bridgehead atoms. The van der Waals surface area contributed by atoms with Crippen molar-refractivity contribution >= 4 is 35.2 Å². The van der Waals surface area contributed by atoms with E-state index in [1.807, 2.05) is 13.0 Å². The van der Waals surface area contributed by atoms with E-state index in [9.17, 15) is 14.4 Å². The van der Waals surface area contributed by atoms with Gasteiger partial charge in [-0.25, -0.2) is 9.91 Å². The summed E-state index contributed by atoms with van der Waals surface area (Å²) in [5, 5.41) is 16.2.